The molecule has 2 fully saturated rings. The molecule has 0 radical (unpaired) electrons. The normalized spacial score (nSPS) is 22.8. The highest BCUT2D eigenvalue weighted by molar-refractivity contribution is 7.81. The lowest BCUT2D eigenvalue weighted by Crippen LogP contribution is -2.30. The van der Waals surface area contributed by atoms with E-state index in [0.717, 1.165) is 35.0 Å². The molecule has 0 aromatic heterocycles. The van der Waals surface area contributed by atoms with Crippen LogP contribution in [0.2, 0.25) is 0 Å². The fourth-order valence-electron chi connectivity index (χ4n) is 4.20. The van der Waals surface area contributed by atoms with Gasteiger partial charge in [0.25, 0.3) is 0 Å². The second-order valence-electron chi connectivity index (χ2n) is 7.40. The minimum absolute atomic E-state index is 0.0519. The summed E-state index contributed by atoms with van der Waals surface area (Å²) in [4.78, 5) is 30.4. The van der Waals surface area contributed by atoms with Crippen LogP contribution in [-0.2, 0) is 9.59 Å². The van der Waals surface area contributed by atoms with Gasteiger partial charge in [-0.25, -0.2) is 0 Å². The summed E-state index contributed by atoms with van der Waals surface area (Å²) in [6, 6.07) is 11.6. The number of hydrogen-bond donors (Lipinski definition) is 0. The van der Waals surface area contributed by atoms with Crippen molar-refractivity contribution < 1.29 is 9.59 Å². The Hall–Kier alpha value is -2.18. The first kappa shape index (κ1) is 19.2. The van der Waals surface area contributed by atoms with Crippen LogP contribution in [-0.4, -0.2) is 21.8 Å². The average molecular weight is 411 g/mol. The molecule has 0 N–H and O–H groups in total. The summed E-state index contributed by atoms with van der Waals surface area (Å²) in [5.74, 6) is 0.0152. The molecule has 0 spiro atoms. The fourth-order valence-corrected chi connectivity index (χ4v) is 4.98. The molecule has 0 bridgehead atoms. The Morgan fingerprint density at radius 2 is 1.18 bits per heavy atom. The van der Waals surface area contributed by atoms with Gasteiger partial charge in [-0.3, -0.25) is 19.4 Å². The molecule has 2 amide bonds. The van der Waals surface area contributed by atoms with E-state index in [-0.39, 0.29) is 23.7 Å². The van der Waals surface area contributed by atoms with Crippen LogP contribution in [0.15, 0.2) is 36.4 Å². The number of hydrogen-bond acceptors (Lipinski definition) is 4. The molecule has 4 nitrogen and oxygen atoms in total. The quantitative estimate of drug-likeness (QED) is 0.664. The number of amides is 2. The molecule has 2 saturated heterocycles. The Morgan fingerprint density at radius 1 is 0.786 bits per heavy atom. The van der Waals surface area contributed by atoms with E-state index in [1.807, 2.05) is 50.2 Å². The van der Waals surface area contributed by atoms with E-state index < -0.39 is 0 Å². The molecule has 0 aliphatic carbocycles. The van der Waals surface area contributed by atoms with Crippen molar-refractivity contribution in [1.82, 2.24) is 0 Å². The standard InChI is InChI=1S/C22H22N2O2S2/c1-3-13-11-19(27)23(21(13)25)17-9-5-8-16-15(17)7-6-10-18(16)24-20(28)12-14(4-2)22(24)26/h5-10,13-14H,3-4,11-12H2,1-2H3. The molecule has 144 valence electrons. The first-order chi connectivity index (χ1) is 13.5. The minimum atomic E-state index is -0.0519. The maximum atomic E-state index is 12.9. The van der Waals surface area contributed by atoms with Gasteiger partial charge in [-0.15, -0.1) is 0 Å². The maximum absolute atomic E-state index is 12.9. The monoisotopic (exact) mass is 410 g/mol. The van der Waals surface area contributed by atoms with E-state index in [2.05, 4.69) is 0 Å². The highest BCUT2D eigenvalue weighted by Crippen LogP contribution is 2.39. The highest BCUT2D eigenvalue weighted by Gasteiger charge is 2.38. The van der Waals surface area contributed by atoms with Gasteiger partial charge in [0.15, 0.2) is 0 Å². The predicted molar refractivity (Wildman–Crippen MR) is 121 cm³/mol. The van der Waals surface area contributed by atoms with E-state index >= 15 is 0 Å². The molecule has 2 aliphatic rings. The van der Waals surface area contributed by atoms with Crippen molar-refractivity contribution in [1.29, 1.82) is 0 Å². The number of thiocarbonyl (C=S) groups is 2. The smallest absolute Gasteiger partial charge is 0.235 e. The Bertz CT molecular complexity index is 936. The van der Waals surface area contributed by atoms with E-state index in [4.69, 9.17) is 24.4 Å². The van der Waals surface area contributed by atoms with Gasteiger partial charge in [0, 0.05) is 35.4 Å². The fraction of sp³-hybridized carbons (Fsp3) is 0.364. The van der Waals surface area contributed by atoms with E-state index in [0.29, 0.717) is 22.8 Å². The van der Waals surface area contributed by atoms with Crippen LogP contribution >= 0.6 is 24.4 Å². The number of nitrogens with zero attached hydrogens (tertiary/aromatic N) is 2. The molecular formula is C22H22N2O2S2. The van der Waals surface area contributed by atoms with Crippen LogP contribution in [0.4, 0.5) is 11.4 Å². The summed E-state index contributed by atoms with van der Waals surface area (Å²) in [6.45, 7) is 4.03. The van der Waals surface area contributed by atoms with Crippen LogP contribution in [0, 0.1) is 11.8 Å². The summed E-state index contributed by atoms with van der Waals surface area (Å²) in [7, 11) is 0. The van der Waals surface area contributed by atoms with Crippen molar-refractivity contribution in [3.63, 3.8) is 0 Å². The topological polar surface area (TPSA) is 40.6 Å². The molecule has 2 heterocycles. The van der Waals surface area contributed by atoms with Gasteiger partial charge < -0.3 is 0 Å². The Morgan fingerprint density at radius 3 is 1.50 bits per heavy atom. The van der Waals surface area contributed by atoms with Crippen LogP contribution in [0.5, 0.6) is 0 Å². The number of carbonyl (C=O) groups is 2. The molecule has 6 heteroatoms. The van der Waals surface area contributed by atoms with Crippen LogP contribution in [0.1, 0.15) is 39.5 Å². The molecule has 4 rings (SSSR count). The second-order valence-corrected chi connectivity index (χ2v) is 8.35. The number of anilines is 2. The molecule has 0 saturated carbocycles. The van der Waals surface area contributed by atoms with Crippen molar-refractivity contribution in [3.05, 3.63) is 36.4 Å². The third-order valence-corrected chi connectivity index (χ3v) is 6.52. The van der Waals surface area contributed by atoms with Gasteiger partial charge >= 0.3 is 0 Å². The summed E-state index contributed by atoms with van der Waals surface area (Å²) in [5, 5.41) is 1.81. The predicted octanol–water partition coefficient (Wildman–Crippen LogP) is 5.02. The lowest BCUT2D eigenvalue weighted by molar-refractivity contribution is -0.121. The van der Waals surface area contributed by atoms with Crippen molar-refractivity contribution in [2.45, 2.75) is 39.5 Å². The van der Waals surface area contributed by atoms with Gasteiger partial charge in [0.2, 0.25) is 11.8 Å². The lowest BCUT2D eigenvalue weighted by Gasteiger charge is -2.23. The summed E-state index contributed by atoms with van der Waals surface area (Å²) in [6.07, 6.45) is 2.79. The molecule has 2 unspecified atom stereocenters. The zero-order valence-electron chi connectivity index (χ0n) is 16.0. The second kappa shape index (κ2) is 7.33. The number of benzene rings is 2. The SMILES string of the molecule is CCC1CC(=S)N(c2cccc3c(N4C(=O)C(CC)CC4=S)cccc23)C1=O. The van der Waals surface area contributed by atoms with Gasteiger partial charge in [-0.05, 0) is 25.0 Å². The van der Waals surface area contributed by atoms with Crippen molar-refractivity contribution in [2.24, 2.45) is 11.8 Å². The highest BCUT2D eigenvalue weighted by atomic mass is 32.1. The van der Waals surface area contributed by atoms with Crippen LogP contribution < -0.4 is 9.80 Å². The zero-order chi connectivity index (χ0) is 20.0. The van der Waals surface area contributed by atoms with E-state index in [1.165, 1.54) is 0 Å². The minimum Gasteiger partial charge on any atom is -0.274 e. The number of rotatable bonds is 4. The van der Waals surface area contributed by atoms with Gasteiger partial charge in [0.05, 0.1) is 21.4 Å². The molecule has 2 atom stereocenters. The molecule has 28 heavy (non-hydrogen) atoms. The Balaban J connectivity index is 1.85. The van der Waals surface area contributed by atoms with Crippen molar-refractivity contribution in [3.8, 4) is 0 Å². The third kappa shape index (κ3) is 2.86. The van der Waals surface area contributed by atoms with Crippen LogP contribution in [0.3, 0.4) is 0 Å². The first-order valence-corrected chi connectivity index (χ1v) is 10.5. The van der Waals surface area contributed by atoms with Crippen molar-refractivity contribution >= 4 is 68.4 Å². The van der Waals surface area contributed by atoms with Gasteiger partial charge in [-0.1, -0.05) is 62.5 Å². The van der Waals surface area contributed by atoms with E-state index in [9.17, 15) is 9.59 Å². The summed E-state index contributed by atoms with van der Waals surface area (Å²) in [5.41, 5.74) is 1.57. The third-order valence-electron chi connectivity index (χ3n) is 5.82. The molecule has 2 aromatic rings. The van der Waals surface area contributed by atoms with E-state index in [1.54, 1.807) is 9.80 Å². The molecule has 2 aliphatic heterocycles. The molecular weight excluding hydrogens is 388 g/mol. The van der Waals surface area contributed by atoms with Crippen molar-refractivity contribution in [2.75, 3.05) is 9.80 Å². The lowest BCUT2D eigenvalue weighted by atomic mass is 10.0. The van der Waals surface area contributed by atoms with Gasteiger partial charge in [0.1, 0.15) is 0 Å². The van der Waals surface area contributed by atoms with Gasteiger partial charge in [-0.2, -0.15) is 0 Å². The Kier molecular flexibility index (Phi) is 5.02. The van der Waals surface area contributed by atoms with Crippen LogP contribution in [0.25, 0.3) is 10.8 Å². The average Bonchev–Trinajstić information content (AvgIpc) is 3.15. The number of fused-ring (bicyclic) bond motifs is 1. The summed E-state index contributed by atoms with van der Waals surface area (Å²) >= 11 is 11.1. The largest absolute Gasteiger partial charge is 0.274 e. The Labute approximate surface area is 175 Å². The number of carbonyl (C=O) groups excluding carboxylic acids is 2. The summed E-state index contributed by atoms with van der Waals surface area (Å²) < 4.78 is 0. The zero-order valence-corrected chi connectivity index (χ0v) is 17.6. The molecule has 2 aromatic carbocycles. The first-order valence-electron chi connectivity index (χ1n) is 9.73. The maximum Gasteiger partial charge on any atom is 0.235 e.